The average molecular weight is 205 g/mol. The molecule has 80 valence electrons. The lowest BCUT2D eigenvalue weighted by atomic mass is 9.63. The summed E-state index contributed by atoms with van der Waals surface area (Å²) < 4.78 is 0. The zero-order chi connectivity index (χ0) is 10.5. The zero-order valence-corrected chi connectivity index (χ0v) is 10.0. The van der Waals surface area contributed by atoms with Crippen LogP contribution in [0.4, 0.5) is 0 Å². The second-order valence-electron chi connectivity index (χ2n) is 4.62. The van der Waals surface area contributed by atoms with E-state index in [0.29, 0.717) is 10.7 Å². The normalized spacial score (nSPS) is 22.6. The average Bonchev–Trinajstić information content (AvgIpc) is 2.05. The molecule has 0 bridgehead atoms. The van der Waals surface area contributed by atoms with Gasteiger partial charge in [-0.1, -0.05) is 32.7 Å². The van der Waals surface area contributed by atoms with Crippen molar-refractivity contribution in [2.45, 2.75) is 45.3 Å². The van der Waals surface area contributed by atoms with Crippen LogP contribution < -0.4 is 5.14 Å². The number of rotatable bonds is 3. The molecule has 0 aromatic heterocycles. The first-order valence-corrected chi connectivity index (χ1v) is 5.78. The molecule has 3 heteroatoms. The van der Waals surface area contributed by atoms with E-state index < -0.39 is 0 Å². The van der Waals surface area contributed by atoms with Gasteiger partial charge in [0.05, 0.1) is 0 Å². The minimum atomic E-state index is 0.629. The number of nitrogens with two attached hydrogens (primary N) is 1. The highest BCUT2D eigenvalue weighted by Gasteiger charge is 2.36. The van der Waals surface area contributed by atoms with Crippen molar-refractivity contribution in [3.05, 3.63) is 0 Å². The maximum absolute atomic E-state index is 7.00. The van der Waals surface area contributed by atoms with Crippen molar-refractivity contribution < 1.29 is 5.11 Å². The molecule has 0 aromatic rings. The van der Waals surface area contributed by atoms with Gasteiger partial charge < -0.3 is 5.11 Å². The first-order valence-electron chi connectivity index (χ1n) is 4.84. The van der Waals surface area contributed by atoms with Crippen molar-refractivity contribution in [1.82, 2.24) is 0 Å². The van der Waals surface area contributed by atoms with E-state index in [2.05, 4.69) is 20.8 Å². The predicted molar refractivity (Wildman–Crippen MR) is 60.5 cm³/mol. The fourth-order valence-corrected chi connectivity index (χ4v) is 2.58. The molecule has 0 amide bonds. The van der Waals surface area contributed by atoms with Crippen molar-refractivity contribution in [2.75, 3.05) is 7.11 Å². The maximum atomic E-state index is 7.00. The Kier molecular flexibility index (Phi) is 6.01. The van der Waals surface area contributed by atoms with E-state index in [-0.39, 0.29) is 0 Å². The summed E-state index contributed by atoms with van der Waals surface area (Å²) in [6.45, 7) is 6.92. The van der Waals surface area contributed by atoms with Crippen LogP contribution in [0.15, 0.2) is 0 Å². The van der Waals surface area contributed by atoms with Crippen LogP contribution in [0, 0.1) is 11.3 Å². The van der Waals surface area contributed by atoms with Gasteiger partial charge in [-0.15, -0.1) is 0 Å². The molecule has 0 aromatic carbocycles. The Hall–Kier alpha value is 0.270. The van der Waals surface area contributed by atoms with E-state index >= 15 is 0 Å². The third kappa shape index (κ3) is 4.89. The monoisotopic (exact) mass is 205 g/mol. The van der Waals surface area contributed by atoms with E-state index in [1.807, 2.05) is 0 Å². The van der Waals surface area contributed by atoms with Gasteiger partial charge in [-0.05, 0) is 30.6 Å². The highest BCUT2D eigenvalue weighted by atomic mass is 32.2. The summed E-state index contributed by atoms with van der Waals surface area (Å²) in [7, 11) is 1.00. The van der Waals surface area contributed by atoms with E-state index in [9.17, 15) is 0 Å². The number of hydrogen-bond donors (Lipinski definition) is 2. The summed E-state index contributed by atoms with van der Waals surface area (Å²) in [4.78, 5) is 0. The summed E-state index contributed by atoms with van der Waals surface area (Å²) in [6, 6.07) is 0. The lowest BCUT2D eigenvalue weighted by molar-refractivity contribution is 0.0905. The Morgan fingerprint density at radius 2 is 1.92 bits per heavy atom. The Bertz CT molecular complexity index is 131. The van der Waals surface area contributed by atoms with Crippen LogP contribution in [-0.4, -0.2) is 17.5 Å². The van der Waals surface area contributed by atoms with Crippen LogP contribution in [-0.2, 0) is 0 Å². The van der Waals surface area contributed by atoms with Crippen LogP contribution in [0.3, 0.4) is 0 Å². The van der Waals surface area contributed by atoms with Gasteiger partial charge in [0.2, 0.25) is 0 Å². The van der Waals surface area contributed by atoms with Crippen molar-refractivity contribution in [2.24, 2.45) is 16.5 Å². The molecule has 1 aliphatic carbocycles. The van der Waals surface area contributed by atoms with Crippen molar-refractivity contribution in [1.29, 1.82) is 0 Å². The number of aliphatic hydroxyl groups excluding tert-OH is 1. The highest BCUT2D eigenvalue weighted by Crippen LogP contribution is 2.47. The summed E-state index contributed by atoms with van der Waals surface area (Å²) in [6.07, 6.45) is 4.11. The van der Waals surface area contributed by atoms with Crippen molar-refractivity contribution in [3.63, 3.8) is 0 Å². The second-order valence-corrected chi connectivity index (χ2v) is 5.70. The number of hydrogen-bond acceptors (Lipinski definition) is 3. The zero-order valence-electron chi connectivity index (χ0n) is 9.21. The first-order chi connectivity index (χ1) is 6.03. The third-order valence-electron chi connectivity index (χ3n) is 2.58. The fourth-order valence-electron chi connectivity index (χ4n) is 2.19. The molecule has 0 spiro atoms. The molecule has 1 atom stereocenters. The van der Waals surface area contributed by atoms with Crippen LogP contribution in [0.5, 0.6) is 0 Å². The molecule has 1 aliphatic rings. The molecule has 2 nitrogen and oxygen atoms in total. The topological polar surface area (TPSA) is 46.2 Å². The third-order valence-corrected chi connectivity index (χ3v) is 3.24. The molecule has 0 radical (unpaired) electrons. The lowest BCUT2D eigenvalue weighted by Crippen LogP contribution is -2.33. The standard InChI is InChI=1S/C9H19NS.CH4O/c1-7(11-10)4-8-5-9(2,3)6-8;1-2/h7-8H,4-6,10H2,1-3H3;2H,1H3. The van der Waals surface area contributed by atoms with E-state index in [1.165, 1.54) is 31.2 Å². The second kappa shape index (κ2) is 5.89. The quantitative estimate of drug-likeness (QED) is 0.696. The molecule has 1 saturated carbocycles. The summed E-state index contributed by atoms with van der Waals surface area (Å²) >= 11 is 1.50. The van der Waals surface area contributed by atoms with Crippen molar-refractivity contribution >= 4 is 11.9 Å². The molecule has 3 N–H and O–H groups in total. The SMILES string of the molecule is CC(CC1CC(C)(C)C1)SN.CO. The lowest BCUT2D eigenvalue weighted by Gasteiger charge is -2.43. The predicted octanol–water partition coefficient (Wildman–Crippen LogP) is 2.42. The number of aliphatic hydroxyl groups is 1. The highest BCUT2D eigenvalue weighted by molar-refractivity contribution is 7.97. The maximum Gasteiger partial charge on any atom is 0.0319 e. The van der Waals surface area contributed by atoms with Crippen LogP contribution in [0.25, 0.3) is 0 Å². The molecule has 1 fully saturated rings. The van der Waals surface area contributed by atoms with Gasteiger partial charge in [-0.3, -0.25) is 5.14 Å². The Morgan fingerprint density at radius 3 is 2.23 bits per heavy atom. The fraction of sp³-hybridized carbons (Fsp3) is 1.00. The van der Waals surface area contributed by atoms with Gasteiger partial charge in [-0.25, -0.2) is 0 Å². The van der Waals surface area contributed by atoms with E-state index in [4.69, 9.17) is 10.2 Å². The minimum Gasteiger partial charge on any atom is -0.400 e. The Morgan fingerprint density at radius 1 is 1.46 bits per heavy atom. The van der Waals surface area contributed by atoms with E-state index in [1.54, 1.807) is 0 Å². The van der Waals surface area contributed by atoms with Gasteiger partial charge in [0.25, 0.3) is 0 Å². The molecular weight excluding hydrogens is 182 g/mol. The minimum absolute atomic E-state index is 0.629. The van der Waals surface area contributed by atoms with Gasteiger partial charge in [0, 0.05) is 12.4 Å². The summed E-state index contributed by atoms with van der Waals surface area (Å²) in [5, 5.41) is 13.1. The van der Waals surface area contributed by atoms with Gasteiger partial charge in [0.15, 0.2) is 0 Å². The molecule has 1 unspecified atom stereocenters. The molecule has 0 saturated heterocycles. The van der Waals surface area contributed by atoms with Gasteiger partial charge in [0.1, 0.15) is 0 Å². The van der Waals surface area contributed by atoms with Crippen LogP contribution in [0.1, 0.15) is 40.0 Å². The van der Waals surface area contributed by atoms with Crippen molar-refractivity contribution in [3.8, 4) is 0 Å². The Labute approximate surface area is 86.4 Å². The Balaban J connectivity index is 0.000000671. The molecule has 1 rings (SSSR count). The molecular formula is C10H23NOS. The molecule has 0 aliphatic heterocycles. The summed E-state index contributed by atoms with van der Waals surface area (Å²) in [5.41, 5.74) is 0.629. The van der Waals surface area contributed by atoms with Crippen LogP contribution >= 0.6 is 11.9 Å². The van der Waals surface area contributed by atoms with Gasteiger partial charge in [-0.2, -0.15) is 0 Å². The molecule has 0 heterocycles. The molecule has 13 heavy (non-hydrogen) atoms. The summed E-state index contributed by atoms with van der Waals surface area (Å²) in [5.74, 6) is 0.955. The largest absolute Gasteiger partial charge is 0.400 e. The smallest absolute Gasteiger partial charge is 0.0319 e. The van der Waals surface area contributed by atoms with Crippen LogP contribution in [0.2, 0.25) is 0 Å². The van der Waals surface area contributed by atoms with Gasteiger partial charge >= 0.3 is 0 Å². The van der Waals surface area contributed by atoms with E-state index in [0.717, 1.165) is 13.0 Å². The first kappa shape index (κ1) is 13.3.